The Hall–Kier alpha value is -1.35. The fourth-order valence-corrected chi connectivity index (χ4v) is 2.03. The third kappa shape index (κ3) is 2.61. The van der Waals surface area contributed by atoms with Gasteiger partial charge < -0.3 is 10.6 Å². The van der Waals surface area contributed by atoms with E-state index >= 15 is 0 Å². The lowest BCUT2D eigenvalue weighted by Gasteiger charge is -2.25. The second-order valence-electron chi connectivity index (χ2n) is 4.37. The molecule has 1 atom stereocenters. The van der Waals surface area contributed by atoms with Crippen molar-refractivity contribution in [2.24, 2.45) is 0 Å². The van der Waals surface area contributed by atoms with E-state index in [1.54, 1.807) is 0 Å². The highest BCUT2D eigenvalue weighted by atomic mass is 15.1. The molecule has 2 rings (SSSR count). The van der Waals surface area contributed by atoms with Crippen LogP contribution in [-0.4, -0.2) is 24.1 Å². The highest BCUT2D eigenvalue weighted by molar-refractivity contribution is 5.71. The fraction of sp³-hybridized carbons (Fsp3) is 0.462. The average molecular weight is 217 g/mol. The summed E-state index contributed by atoms with van der Waals surface area (Å²) in [6.07, 6.45) is 4.26. The lowest BCUT2D eigenvalue weighted by atomic mass is 10.1. The first-order valence-electron chi connectivity index (χ1n) is 5.85. The molecule has 1 saturated heterocycles. The molecule has 0 saturated carbocycles. The van der Waals surface area contributed by atoms with Crippen molar-refractivity contribution in [3.8, 4) is 0 Å². The van der Waals surface area contributed by atoms with Crippen LogP contribution in [0, 0.1) is 0 Å². The van der Waals surface area contributed by atoms with E-state index in [-0.39, 0.29) is 0 Å². The largest absolute Gasteiger partial charge is 0.366 e. The van der Waals surface area contributed by atoms with E-state index in [0.29, 0.717) is 6.04 Å². The van der Waals surface area contributed by atoms with Gasteiger partial charge in [0.25, 0.3) is 0 Å². The van der Waals surface area contributed by atoms with Gasteiger partial charge in [0.2, 0.25) is 0 Å². The molecule has 0 bridgehead atoms. The third-order valence-electron chi connectivity index (χ3n) is 2.91. The number of pyridine rings is 1. The second-order valence-corrected chi connectivity index (χ2v) is 4.37. The number of nitrogens with one attached hydrogen (secondary N) is 2. The summed E-state index contributed by atoms with van der Waals surface area (Å²) in [5.41, 5.74) is 2.17. The molecular formula is C13H19N3. The van der Waals surface area contributed by atoms with E-state index in [0.717, 1.165) is 30.0 Å². The number of nitrogens with zero attached hydrogens (tertiary/aromatic N) is 1. The maximum absolute atomic E-state index is 4.39. The molecule has 0 aromatic carbocycles. The van der Waals surface area contributed by atoms with Crippen molar-refractivity contribution in [1.82, 2.24) is 10.3 Å². The van der Waals surface area contributed by atoms with Crippen molar-refractivity contribution in [2.75, 3.05) is 18.4 Å². The summed E-state index contributed by atoms with van der Waals surface area (Å²) in [6.45, 7) is 8.15. The van der Waals surface area contributed by atoms with Crippen molar-refractivity contribution in [3.63, 3.8) is 0 Å². The van der Waals surface area contributed by atoms with Gasteiger partial charge in [-0.3, -0.25) is 0 Å². The summed E-state index contributed by atoms with van der Waals surface area (Å²) < 4.78 is 0. The van der Waals surface area contributed by atoms with Crippen LogP contribution < -0.4 is 10.6 Å². The molecule has 1 aromatic rings. The topological polar surface area (TPSA) is 37.0 Å². The number of anilines is 1. The van der Waals surface area contributed by atoms with E-state index in [4.69, 9.17) is 0 Å². The fourth-order valence-electron chi connectivity index (χ4n) is 2.03. The van der Waals surface area contributed by atoms with Crippen LogP contribution in [0.4, 0.5) is 5.82 Å². The van der Waals surface area contributed by atoms with Crippen molar-refractivity contribution >= 4 is 11.4 Å². The Morgan fingerprint density at radius 3 is 3.19 bits per heavy atom. The summed E-state index contributed by atoms with van der Waals surface area (Å²) >= 11 is 0. The predicted molar refractivity (Wildman–Crippen MR) is 68.5 cm³/mol. The van der Waals surface area contributed by atoms with Gasteiger partial charge in [0.15, 0.2) is 0 Å². The molecular weight excluding hydrogens is 198 g/mol. The summed E-state index contributed by atoms with van der Waals surface area (Å²) in [4.78, 5) is 4.39. The van der Waals surface area contributed by atoms with Gasteiger partial charge in [-0.2, -0.15) is 0 Å². The molecule has 3 heteroatoms. The van der Waals surface area contributed by atoms with Gasteiger partial charge in [0.1, 0.15) is 5.82 Å². The first-order chi connectivity index (χ1) is 7.77. The van der Waals surface area contributed by atoms with Crippen LogP contribution in [0.25, 0.3) is 5.57 Å². The van der Waals surface area contributed by atoms with Crippen LogP contribution in [0.15, 0.2) is 24.9 Å². The normalized spacial score (nSPS) is 20.4. The molecule has 0 radical (unpaired) electrons. The Kier molecular flexibility index (Phi) is 3.57. The smallest absolute Gasteiger partial charge is 0.133 e. The number of piperidine rings is 1. The quantitative estimate of drug-likeness (QED) is 0.815. The molecule has 86 valence electrons. The first kappa shape index (κ1) is 11.1. The Bertz CT molecular complexity index is 367. The molecule has 0 spiro atoms. The highest BCUT2D eigenvalue weighted by Gasteiger charge is 2.14. The van der Waals surface area contributed by atoms with Crippen LogP contribution in [0.5, 0.6) is 0 Å². The summed E-state index contributed by atoms with van der Waals surface area (Å²) in [6, 6.07) is 4.50. The monoisotopic (exact) mass is 217 g/mol. The molecule has 1 fully saturated rings. The Morgan fingerprint density at radius 1 is 1.62 bits per heavy atom. The first-order valence-corrected chi connectivity index (χ1v) is 5.85. The van der Waals surface area contributed by atoms with Crippen molar-refractivity contribution in [1.29, 1.82) is 0 Å². The van der Waals surface area contributed by atoms with Crippen molar-refractivity contribution in [2.45, 2.75) is 25.8 Å². The predicted octanol–water partition coefficient (Wildman–Crippen LogP) is 2.28. The Labute approximate surface area is 97.0 Å². The molecule has 1 aliphatic heterocycles. The van der Waals surface area contributed by atoms with Crippen LogP contribution in [-0.2, 0) is 0 Å². The number of aromatic nitrogens is 1. The standard InChI is InChI=1S/C13H19N3/c1-10(2)12-6-4-8-15-13(12)16-11-5-3-7-14-9-11/h4,6,8,11,14H,1,3,5,7,9H2,2H3,(H,15,16). The number of hydrogen-bond donors (Lipinski definition) is 2. The van der Waals surface area contributed by atoms with Gasteiger partial charge >= 0.3 is 0 Å². The summed E-state index contributed by atoms with van der Waals surface area (Å²) in [5, 5.41) is 6.89. The van der Waals surface area contributed by atoms with Crippen LogP contribution in [0.1, 0.15) is 25.3 Å². The van der Waals surface area contributed by atoms with Gasteiger partial charge in [-0.15, -0.1) is 0 Å². The molecule has 2 N–H and O–H groups in total. The van der Waals surface area contributed by atoms with Crippen molar-refractivity contribution < 1.29 is 0 Å². The van der Waals surface area contributed by atoms with Gasteiger partial charge in [0, 0.05) is 24.3 Å². The molecule has 1 unspecified atom stereocenters. The van der Waals surface area contributed by atoms with Gasteiger partial charge in [-0.05, 0) is 44.0 Å². The lowest BCUT2D eigenvalue weighted by Crippen LogP contribution is -2.38. The van der Waals surface area contributed by atoms with E-state index < -0.39 is 0 Å². The SMILES string of the molecule is C=C(C)c1cccnc1NC1CCCNC1. The second kappa shape index (κ2) is 5.12. The minimum Gasteiger partial charge on any atom is -0.366 e. The van der Waals surface area contributed by atoms with Crippen LogP contribution in [0.3, 0.4) is 0 Å². The highest BCUT2D eigenvalue weighted by Crippen LogP contribution is 2.21. The van der Waals surface area contributed by atoms with Crippen LogP contribution >= 0.6 is 0 Å². The van der Waals surface area contributed by atoms with E-state index in [2.05, 4.69) is 28.3 Å². The molecule has 1 aromatic heterocycles. The zero-order valence-electron chi connectivity index (χ0n) is 9.79. The minimum atomic E-state index is 0.488. The Balaban J connectivity index is 2.10. The average Bonchev–Trinajstić information content (AvgIpc) is 2.31. The van der Waals surface area contributed by atoms with Crippen molar-refractivity contribution in [3.05, 3.63) is 30.5 Å². The number of rotatable bonds is 3. The molecule has 0 amide bonds. The molecule has 1 aliphatic rings. The maximum atomic E-state index is 4.39. The number of allylic oxidation sites excluding steroid dienone is 1. The molecule has 3 nitrogen and oxygen atoms in total. The zero-order chi connectivity index (χ0) is 11.4. The van der Waals surface area contributed by atoms with E-state index in [1.807, 2.05) is 19.2 Å². The molecule has 16 heavy (non-hydrogen) atoms. The zero-order valence-corrected chi connectivity index (χ0v) is 9.79. The third-order valence-corrected chi connectivity index (χ3v) is 2.91. The van der Waals surface area contributed by atoms with Gasteiger partial charge in [-0.25, -0.2) is 4.98 Å². The lowest BCUT2D eigenvalue weighted by molar-refractivity contribution is 0.479. The van der Waals surface area contributed by atoms with Gasteiger partial charge in [0.05, 0.1) is 0 Å². The van der Waals surface area contributed by atoms with E-state index in [9.17, 15) is 0 Å². The molecule has 0 aliphatic carbocycles. The minimum absolute atomic E-state index is 0.488. The summed E-state index contributed by atoms with van der Waals surface area (Å²) in [5.74, 6) is 0.962. The summed E-state index contributed by atoms with van der Waals surface area (Å²) in [7, 11) is 0. The van der Waals surface area contributed by atoms with Crippen LogP contribution in [0.2, 0.25) is 0 Å². The maximum Gasteiger partial charge on any atom is 0.133 e. The Morgan fingerprint density at radius 2 is 2.50 bits per heavy atom. The number of hydrogen-bond acceptors (Lipinski definition) is 3. The van der Waals surface area contributed by atoms with Gasteiger partial charge in [-0.1, -0.05) is 6.58 Å². The van der Waals surface area contributed by atoms with E-state index in [1.165, 1.54) is 12.8 Å². The molecule has 2 heterocycles.